The average Bonchev–Trinajstić information content (AvgIpc) is 2.61. The van der Waals surface area contributed by atoms with Gasteiger partial charge in [0.05, 0.1) is 0 Å². The highest BCUT2D eigenvalue weighted by molar-refractivity contribution is 5.83. The Hall–Kier alpha value is -2.85. The Kier molecular flexibility index (Phi) is 5.45. The van der Waals surface area contributed by atoms with Crippen molar-refractivity contribution < 1.29 is 27.4 Å². The van der Waals surface area contributed by atoms with Gasteiger partial charge < -0.3 is 9.47 Å². The van der Waals surface area contributed by atoms with E-state index in [9.17, 15) is 23.2 Å². The van der Waals surface area contributed by atoms with Gasteiger partial charge in [-0.25, -0.2) is 4.79 Å². The number of rotatable bonds is 5. The summed E-state index contributed by atoms with van der Waals surface area (Å²) in [6.07, 6.45) is -6.58. The van der Waals surface area contributed by atoms with Crippen molar-refractivity contribution >= 4 is 5.97 Å². The van der Waals surface area contributed by atoms with Crippen molar-refractivity contribution in [3.63, 3.8) is 0 Å². The lowest BCUT2D eigenvalue weighted by molar-refractivity contribution is -0.277. The maximum absolute atomic E-state index is 13.8. The molecule has 0 spiro atoms. The van der Waals surface area contributed by atoms with Crippen molar-refractivity contribution in [2.45, 2.75) is 17.9 Å². The second kappa shape index (κ2) is 7.36. The monoisotopic (exact) mass is 349 g/mol. The van der Waals surface area contributed by atoms with E-state index in [1.165, 1.54) is 30.3 Å². The molecule has 0 aliphatic carbocycles. The van der Waals surface area contributed by atoms with Gasteiger partial charge in [0, 0.05) is 18.2 Å². The molecule has 2 aromatic carbocycles. The summed E-state index contributed by atoms with van der Waals surface area (Å²) < 4.78 is 50.8. The largest absolute Gasteiger partial charge is 0.439 e. The molecule has 7 heteroatoms. The predicted octanol–water partition coefficient (Wildman–Crippen LogP) is 3.90. The number of alkyl halides is 3. The summed E-state index contributed by atoms with van der Waals surface area (Å²) >= 11 is 0. The van der Waals surface area contributed by atoms with Gasteiger partial charge in [-0.05, 0) is 0 Å². The number of carbonyl (C=O) groups is 1. The number of methoxy groups -OCH3 is 1. The smallest absolute Gasteiger partial charge is 0.432 e. The highest BCUT2D eigenvalue weighted by atomic mass is 19.4. The minimum Gasteiger partial charge on any atom is -0.439 e. The van der Waals surface area contributed by atoms with E-state index in [1.54, 1.807) is 24.3 Å². The van der Waals surface area contributed by atoms with E-state index in [-0.39, 0.29) is 5.56 Å². The Labute approximate surface area is 142 Å². The number of ether oxygens (including phenoxy) is 2. The van der Waals surface area contributed by atoms with E-state index in [2.05, 4.69) is 4.74 Å². The van der Waals surface area contributed by atoms with E-state index in [0.717, 1.165) is 19.2 Å². The summed E-state index contributed by atoms with van der Waals surface area (Å²) in [6.45, 7) is 0. The summed E-state index contributed by atoms with van der Waals surface area (Å²) in [5, 5.41) is 9.19. The summed E-state index contributed by atoms with van der Waals surface area (Å²) in [4.78, 5) is 12.5. The zero-order valence-electron chi connectivity index (χ0n) is 13.2. The molecule has 0 heterocycles. The Morgan fingerprint density at radius 1 is 1.04 bits per heavy atom. The number of benzene rings is 2. The number of hydrogen-bond donors (Lipinski definition) is 0. The minimum absolute atomic E-state index is 0.263. The molecule has 0 radical (unpaired) electrons. The minimum atomic E-state index is -5.09. The summed E-state index contributed by atoms with van der Waals surface area (Å²) in [6, 6.07) is 15.9. The topological polar surface area (TPSA) is 59.3 Å². The SMILES string of the molecule is CO[C@](C(=O)O[C@@H](C#N)c1ccccc1)(c1ccccc1)C(F)(F)F. The molecule has 0 fully saturated rings. The van der Waals surface area contributed by atoms with Crippen molar-refractivity contribution in [3.05, 3.63) is 71.8 Å². The van der Waals surface area contributed by atoms with Crippen LogP contribution >= 0.6 is 0 Å². The maximum Gasteiger partial charge on any atom is 0.432 e. The third kappa shape index (κ3) is 3.49. The third-order valence-corrected chi connectivity index (χ3v) is 3.62. The molecule has 2 aromatic rings. The normalized spacial score (nSPS) is 14.8. The van der Waals surface area contributed by atoms with Crippen LogP contribution in [0.25, 0.3) is 0 Å². The molecule has 2 rings (SSSR count). The van der Waals surface area contributed by atoms with Crippen molar-refractivity contribution in [1.82, 2.24) is 0 Å². The standard InChI is InChI=1S/C18H14F3NO3/c1-24-17(18(19,20)21,14-10-6-3-7-11-14)16(23)25-15(12-22)13-8-4-2-5-9-13/h2-11,15H,1H3/t15-,17-/m0/s1. The summed E-state index contributed by atoms with van der Waals surface area (Å²) in [7, 11) is 0.769. The second-order valence-electron chi connectivity index (χ2n) is 5.07. The Morgan fingerprint density at radius 3 is 2.00 bits per heavy atom. The number of nitriles is 1. The zero-order chi connectivity index (χ0) is 18.5. The third-order valence-electron chi connectivity index (χ3n) is 3.62. The Balaban J connectivity index is 2.45. The molecule has 0 aliphatic rings. The fourth-order valence-corrected chi connectivity index (χ4v) is 2.37. The Bertz CT molecular complexity index is 757. The quantitative estimate of drug-likeness (QED) is 0.768. The summed E-state index contributed by atoms with van der Waals surface area (Å²) in [5.41, 5.74) is -3.49. The van der Waals surface area contributed by atoms with E-state index < -0.39 is 29.4 Å². The van der Waals surface area contributed by atoms with Gasteiger partial charge in [0.1, 0.15) is 6.07 Å². The molecular formula is C18H14F3NO3. The van der Waals surface area contributed by atoms with Gasteiger partial charge in [-0.3, -0.25) is 0 Å². The second-order valence-corrected chi connectivity index (χ2v) is 5.07. The van der Waals surface area contributed by atoms with Crippen LogP contribution in [0.15, 0.2) is 60.7 Å². The van der Waals surface area contributed by atoms with Crippen LogP contribution in [0, 0.1) is 11.3 Å². The van der Waals surface area contributed by atoms with Crippen LogP contribution in [-0.4, -0.2) is 19.3 Å². The van der Waals surface area contributed by atoms with Crippen LogP contribution in [0.2, 0.25) is 0 Å². The van der Waals surface area contributed by atoms with Crippen LogP contribution in [-0.2, 0) is 19.9 Å². The molecule has 2 atom stereocenters. The molecular weight excluding hydrogens is 335 g/mol. The van der Waals surface area contributed by atoms with Crippen LogP contribution in [0.1, 0.15) is 17.2 Å². The number of carbonyl (C=O) groups excluding carboxylic acids is 1. The van der Waals surface area contributed by atoms with E-state index in [4.69, 9.17) is 4.74 Å². The first-order chi connectivity index (χ1) is 11.9. The van der Waals surface area contributed by atoms with Gasteiger partial charge in [0.2, 0.25) is 6.10 Å². The van der Waals surface area contributed by atoms with Crippen molar-refractivity contribution in [2.24, 2.45) is 0 Å². The molecule has 0 aromatic heterocycles. The lowest BCUT2D eigenvalue weighted by Gasteiger charge is -2.32. The number of nitrogens with zero attached hydrogens (tertiary/aromatic N) is 1. The maximum atomic E-state index is 13.8. The van der Waals surface area contributed by atoms with Gasteiger partial charge in [-0.15, -0.1) is 0 Å². The van der Waals surface area contributed by atoms with Crippen LogP contribution in [0.3, 0.4) is 0 Å². The van der Waals surface area contributed by atoms with Gasteiger partial charge in [-0.2, -0.15) is 18.4 Å². The van der Waals surface area contributed by atoms with Gasteiger partial charge in [0.15, 0.2) is 0 Å². The fraction of sp³-hybridized carbons (Fsp3) is 0.222. The van der Waals surface area contributed by atoms with E-state index >= 15 is 0 Å². The number of halogens is 3. The number of esters is 1. The van der Waals surface area contributed by atoms with Gasteiger partial charge in [0.25, 0.3) is 5.60 Å². The molecule has 0 bridgehead atoms. The fourth-order valence-electron chi connectivity index (χ4n) is 2.37. The number of hydrogen-bond acceptors (Lipinski definition) is 4. The average molecular weight is 349 g/mol. The Morgan fingerprint density at radius 2 is 1.56 bits per heavy atom. The van der Waals surface area contributed by atoms with Crippen molar-refractivity contribution in [1.29, 1.82) is 5.26 Å². The van der Waals surface area contributed by atoms with Crippen LogP contribution < -0.4 is 0 Å². The molecule has 25 heavy (non-hydrogen) atoms. The first kappa shape index (κ1) is 18.5. The molecule has 0 amide bonds. The summed E-state index contributed by atoms with van der Waals surface area (Å²) in [5.74, 6) is -1.70. The highest BCUT2D eigenvalue weighted by Crippen LogP contribution is 2.43. The van der Waals surface area contributed by atoms with Crippen LogP contribution in [0.5, 0.6) is 0 Å². The van der Waals surface area contributed by atoms with E-state index in [0.29, 0.717) is 0 Å². The predicted molar refractivity (Wildman–Crippen MR) is 82.1 cm³/mol. The lowest BCUT2D eigenvalue weighted by Crippen LogP contribution is -2.52. The molecule has 0 unspecified atom stereocenters. The first-order valence-corrected chi connectivity index (χ1v) is 7.20. The molecule has 0 saturated heterocycles. The van der Waals surface area contributed by atoms with Gasteiger partial charge >= 0.3 is 12.1 Å². The first-order valence-electron chi connectivity index (χ1n) is 7.20. The highest BCUT2D eigenvalue weighted by Gasteiger charge is 2.64. The lowest BCUT2D eigenvalue weighted by atomic mass is 9.92. The molecule has 4 nitrogen and oxygen atoms in total. The molecule has 0 aliphatic heterocycles. The molecule has 0 N–H and O–H groups in total. The van der Waals surface area contributed by atoms with Crippen LogP contribution in [0.4, 0.5) is 13.2 Å². The zero-order valence-corrected chi connectivity index (χ0v) is 13.2. The van der Waals surface area contributed by atoms with Crippen molar-refractivity contribution in [3.8, 4) is 6.07 Å². The van der Waals surface area contributed by atoms with Gasteiger partial charge in [-0.1, -0.05) is 60.7 Å². The van der Waals surface area contributed by atoms with E-state index in [1.807, 2.05) is 0 Å². The molecule has 130 valence electrons. The van der Waals surface area contributed by atoms with Crippen molar-refractivity contribution in [2.75, 3.05) is 7.11 Å². The molecule has 0 saturated carbocycles.